The molecule has 0 aliphatic rings. The summed E-state index contributed by atoms with van der Waals surface area (Å²) in [7, 11) is -0.278. The molecule has 2 aromatic rings. The van der Waals surface area contributed by atoms with E-state index in [0.717, 1.165) is 30.1 Å². The van der Waals surface area contributed by atoms with Crippen molar-refractivity contribution in [3.05, 3.63) is 40.7 Å². The van der Waals surface area contributed by atoms with Gasteiger partial charge >= 0.3 is 6.03 Å². The third kappa shape index (κ3) is 7.04. The molecule has 32 heavy (non-hydrogen) atoms. The van der Waals surface area contributed by atoms with E-state index < -0.39 is 16.1 Å². The van der Waals surface area contributed by atoms with Crippen LogP contribution < -0.4 is 15.4 Å². The van der Waals surface area contributed by atoms with Gasteiger partial charge in [0.15, 0.2) is 0 Å². The largest absolute Gasteiger partial charge is 0.353 e. The van der Waals surface area contributed by atoms with Crippen LogP contribution in [0.2, 0.25) is 5.02 Å². The van der Waals surface area contributed by atoms with Crippen molar-refractivity contribution in [1.29, 1.82) is 0 Å². The Labute approximate surface area is 195 Å². The molecule has 0 unspecified atom stereocenters. The van der Waals surface area contributed by atoms with E-state index in [-0.39, 0.29) is 16.7 Å². The molecule has 11 heteroatoms. The third-order valence-electron chi connectivity index (χ3n) is 4.65. The van der Waals surface area contributed by atoms with E-state index in [0.29, 0.717) is 23.2 Å². The number of nitrogens with zero attached hydrogens (tertiary/aromatic N) is 3. The van der Waals surface area contributed by atoms with Crippen molar-refractivity contribution in [2.75, 3.05) is 37.8 Å². The fourth-order valence-electron chi connectivity index (χ4n) is 2.96. The lowest BCUT2D eigenvalue weighted by Crippen LogP contribution is -2.35. The average Bonchev–Trinajstić information content (AvgIpc) is 2.68. The second-order valence-corrected chi connectivity index (χ2v) is 10.4. The van der Waals surface area contributed by atoms with Crippen LogP contribution in [0.1, 0.15) is 50.7 Å². The number of aromatic nitrogens is 2. The highest BCUT2D eigenvalue weighted by Gasteiger charge is 2.22. The molecule has 3 N–H and O–H groups in total. The van der Waals surface area contributed by atoms with Crippen molar-refractivity contribution in [3.8, 4) is 0 Å². The molecular formula is C21H31ClN6O3S. The van der Waals surface area contributed by atoms with Crippen LogP contribution in [0.5, 0.6) is 0 Å². The van der Waals surface area contributed by atoms with Gasteiger partial charge in [-0.2, -0.15) is 0 Å². The highest BCUT2D eigenvalue weighted by Crippen LogP contribution is 2.35. The quantitative estimate of drug-likeness (QED) is 0.496. The summed E-state index contributed by atoms with van der Waals surface area (Å²) in [5, 5.41) is 6.26. The Balaban J connectivity index is 2.17. The first-order valence-corrected chi connectivity index (χ1v) is 12.1. The fraction of sp³-hybridized carbons (Fsp3) is 0.476. The number of benzene rings is 1. The number of hydrogen-bond donors (Lipinski definition) is 3. The van der Waals surface area contributed by atoms with Gasteiger partial charge < -0.3 is 15.5 Å². The molecule has 176 valence electrons. The Kier molecular flexibility index (Phi) is 8.82. The molecule has 2 rings (SSSR count). The maximum absolute atomic E-state index is 12.6. The van der Waals surface area contributed by atoms with Crippen molar-refractivity contribution < 1.29 is 13.2 Å². The molecule has 0 fully saturated rings. The summed E-state index contributed by atoms with van der Waals surface area (Å²) in [6.45, 7) is 9.27. The number of urea groups is 1. The number of hydrogen-bond acceptors (Lipinski definition) is 7. The van der Waals surface area contributed by atoms with Gasteiger partial charge in [-0.1, -0.05) is 39.3 Å². The number of sulfonamides is 1. The average molecular weight is 483 g/mol. The molecule has 9 nitrogen and oxygen atoms in total. The number of carbonyl (C=O) groups excluding carboxylic acids is 1. The van der Waals surface area contributed by atoms with Crippen LogP contribution in [-0.2, 0) is 10.0 Å². The van der Waals surface area contributed by atoms with Gasteiger partial charge in [-0.05, 0) is 49.2 Å². The summed E-state index contributed by atoms with van der Waals surface area (Å²) in [4.78, 5) is 22.4. The zero-order valence-electron chi connectivity index (χ0n) is 19.2. The summed E-state index contributed by atoms with van der Waals surface area (Å²) < 4.78 is 27.3. The lowest BCUT2D eigenvalue weighted by Gasteiger charge is -2.21. The van der Waals surface area contributed by atoms with Crippen molar-refractivity contribution in [2.24, 2.45) is 0 Å². The molecule has 0 radical (unpaired) electrons. The molecular weight excluding hydrogens is 452 g/mol. The molecule has 0 saturated carbocycles. The molecule has 0 spiro atoms. The lowest BCUT2D eigenvalue weighted by atomic mass is 9.92. The maximum Gasteiger partial charge on any atom is 0.333 e. The molecule has 0 saturated heterocycles. The van der Waals surface area contributed by atoms with Crippen LogP contribution in [0, 0.1) is 0 Å². The summed E-state index contributed by atoms with van der Waals surface area (Å²) in [6.07, 6.45) is 2.31. The van der Waals surface area contributed by atoms with Crippen LogP contribution >= 0.6 is 11.6 Å². The molecule has 0 bridgehead atoms. The van der Waals surface area contributed by atoms with E-state index in [4.69, 9.17) is 11.6 Å². The van der Waals surface area contributed by atoms with Gasteiger partial charge in [-0.3, -0.25) is 0 Å². The van der Waals surface area contributed by atoms with Crippen LogP contribution in [0.25, 0.3) is 0 Å². The smallest absolute Gasteiger partial charge is 0.333 e. The Morgan fingerprint density at radius 3 is 2.06 bits per heavy atom. The fourth-order valence-corrected chi connectivity index (χ4v) is 3.99. The van der Waals surface area contributed by atoms with Gasteiger partial charge in [0.25, 0.3) is 10.0 Å². The van der Waals surface area contributed by atoms with E-state index in [1.807, 2.05) is 51.4 Å². The number of nitrogens with one attached hydrogen (secondary N) is 3. The van der Waals surface area contributed by atoms with Crippen LogP contribution in [-0.4, -0.2) is 56.5 Å². The molecule has 1 heterocycles. The zero-order chi connectivity index (χ0) is 24.1. The Bertz CT molecular complexity index is 1010. The summed E-state index contributed by atoms with van der Waals surface area (Å²) in [6, 6.07) is 2.68. The number of amides is 2. The number of carbonyl (C=O) groups is 1. The standard InChI is InChI=1S/C21H31ClN6O3S/c1-13(2)17-9-15(22)10-18(14(3)4)19(17)26-21(29)27-32(30,31)16-11-24-20(25-12-16)23-7-8-28(5)6/h9-14H,7-8H2,1-6H3,(H,23,24,25)(H2,26,27,29). The Hall–Kier alpha value is -2.43. The van der Waals surface area contributed by atoms with E-state index in [1.54, 1.807) is 12.1 Å². The van der Waals surface area contributed by atoms with Gasteiger partial charge in [0.05, 0.1) is 12.4 Å². The molecule has 0 atom stereocenters. The van der Waals surface area contributed by atoms with Crippen molar-refractivity contribution in [3.63, 3.8) is 0 Å². The van der Waals surface area contributed by atoms with Gasteiger partial charge in [0.1, 0.15) is 4.90 Å². The second-order valence-electron chi connectivity index (χ2n) is 8.30. The predicted octanol–water partition coefficient (Wildman–Crippen LogP) is 3.86. The summed E-state index contributed by atoms with van der Waals surface area (Å²) >= 11 is 6.25. The van der Waals surface area contributed by atoms with Crippen LogP contribution in [0.3, 0.4) is 0 Å². The van der Waals surface area contributed by atoms with E-state index in [9.17, 15) is 13.2 Å². The number of anilines is 2. The van der Waals surface area contributed by atoms with Gasteiger partial charge in [-0.15, -0.1) is 0 Å². The van der Waals surface area contributed by atoms with E-state index >= 15 is 0 Å². The summed E-state index contributed by atoms with van der Waals surface area (Å²) in [5.41, 5.74) is 2.21. The van der Waals surface area contributed by atoms with E-state index in [2.05, 4.69) is 20.6 Å². The molecule has 0 aliphatic heterocycles. The van der Waals surface area contributed by atoms with Crippen LogP contribution in [0.4, 0.5) is 16.4 Å². The lowest BCUT2D eigenvalue weighted by molar-refractivity contribution is 0.256. The first-order chi connectivity index (χ1) is 14.9. The summed E-state index contributed by atoms with van der Waals surface area (Å²) in [5.74, 6) is 0.442. The van der Waals surface area contributed by atoms with E-state index in [1.165, 1.54) is 0 Å². The normalized spacial score (nSPS) is 11.8. The van der Waals surface area contributed by atoms with Crippen molar-refractivity contribution >= 4 is 39.3 Å². The zero-order valence-corrected chi connectivity index (χ0v) is 20.8. The predicted molar refractivity (Wildman–Crippen MR) is 128 cm³/mol. The minimum absolute atomic E-state index is 0.0686. The molecule has 1 aromatic heterocycles. The minimum atomic E-state index is -4.15. The van der Waals surface area contributed by atoms with Gasteiger partial charge in [0.2, 0.25) is 5.95 Å². The van der Waals surface area contributed by atoms with Crippen LogP contribution in [0.15, 0.2) is 29.4 Å². The second kappa shape index (κ2) is 10.9. The van der Waals surface area contributed by atoms with Crippen molar-refractivity contribution in [2.45, 2.75) is 44.4 Å². The Morgan fingerprint density at radius 1 is 1.06 bits per heavy atom. The SMILES string of the molecule is CC(C)c1cc(Cl)cc(C(C)C)c1NC(=O)NS(=O)(=O)c1cnc(NCCN(C)C)nc1. The Morgan fingerprint density at radius 2 is 1.59 bits per heavy atom. The maximum atomic E-state index is 12.6. The van der Waals surface area contributed by atoms with Crippen molar-refractivity contribution in [1.82, 2.24) is 19.6 Å². The third-order valence-corrected chi connectivity index (χ3v) is 6.16. The number of likely N-dealkylation sites (N-methyl/N-ethyl adjacent to an activating group) is 1. The molecule has 1 aromatic carbocycles. The number of rotatable bonds is 9. The molecule has 0 aliphatic carbocycles. The van der Waals surface area contributed by atoms with Gasteiger partial charge in [0, 0.05) is 23.8 Å². The topological polar surface area (TPSA) is 116 Å². The number of halogens is 1. The highest BCUT2D eigenvalue weighted by atomic mass is 35.5. The monoisotopic (exact) mass is 482 g/mol. The van der Waals surface area contributed by atoms with Gasteiger partial charge in [-0.25, -0.2) is 27.9 Å². The highest BCUT2D eigenvalue weighted by molar-refractivity contribution is 7.90. The minimum Gasteiger partial charge on any atom is -0.353 e. The molecule has 2 amide bonds. The first kappa shape index (κ1) is 25.8. The first-order valence-electron chi connectivity index (χ1n) is 10.3.